The molecule has 1 amide bonds. The summed E-state index contributed by atoms with van der Waals surface area (Å²) in [6.45, 7) is 0. The largest absolute Gasteiger partial charge is 0.348 e. The quantitative estimate of drug-likeness (QED) is 0.795. The fourth-order valence-corrected chi connectivity index (χ4v) is 2.02. The third-order valence-corrected chi connectivity index (χ3v) is 2.99. The van der Waals surface area contributed by atoms with Crippen LogP contribution in [-0.4, -0.2) is 18.0 Å². The number of benzene rings is 1. The van der Waals surface area contributed by atoms with Crippen molar-refractivity contribution in [2.75, 3.05) is 0 Å². The number of carbonyl (C=O) groups is 1. The van der Waals surface area contributed by atoms with Crippen molar-refractivity contribution in [3.63, 3.8) is 0 Å². The summed E-state index contributed by atoms with van der Waals surface area (Å²) >= 11 is 0. The topological polar surface area (TPSA) is 55.1 Å². The second kappa shape index (κ2) is 4.61. The van der Waals surface area contributed by atoms with Gasteiger partial charge in [-0.05, 0) is 43.5 Å². The van der Waals surface area contributed by atoms with Gasteiger partial charge in [-0.25, -0.2) is 4.39 Å². The SMILES string of the molecule is NC1CCCC1NC(=O)c1ccc(F)cc1. The Labute approximate surface area is 93.8 Å². The van der Waals surface area contributed by atoms with E-state index in [1.807, 2.05) is 0 Å². The van der Waals surface area contributed by atoms with Crippen molar-refractivity contribution < 1.29 is 9.18 Å². The second-order valence-corrected chi connectivity index (χ2v) is 4.18. The van der Waals surface area contributed by atoms with E-state index < -0.39 is 0 Å². The van der Waals surface area contributed by atoms with Gasteiger partial charge in [-0.1, -0.05) is 0 Å². The number of nitrogens with one attached hydrogen (secondary N) is 1. The van der Waals surface area contributed by atoms with Gasteiger partial charge < -0.3 is 11.1 Å². The first-order valence-corrected chi connectivity index (χ1v) is 5.49. The van der Waals surface area contributed by atoms with E-state index in [1.54, 1.807) is 0 Å². The summed E-state index contributed by atoms with van der Waals surface area (Å²) in [5, 5.41) is 2.88. The van der Waals surface area contributed by atoms with Crippen LogP contribution in [0.3, 0.4) is 0 Å². The summed E-state index contributed by atoms with van der Waals surface area (Å²) in [6, 6.07) is 5.62. The Bertz CT molecular complexity index is 377. The molecule has 2 unspecified atom stereocenters. The van der Waals surface area contributed by atoms with Crippen molar-refractivity contribution >= 4 is 5.91 Å². The zero-order chi connectivity index (χ0) is 11.5. The van der Waals surface area contributed by atoms with Gasteiger partial charge in [0.2, 0.25) is 0 Å². The van der Waals surface area contributed by atoms with E-state index in [4.69, 9.17) is 5.73 Å². The van der Waals surface area contributed by atoms with E-state index in [1.165, 1.54) is 24.3 Å². The van der Waals surface area contributed by atoms with Crippen LogP contribution < -0.4 is 11.1 Å². The maximum atomic E-state index is 12.7. The van der Waals surface area contributed by atoms with E-state index in [0.29, 0.717) is 5.56 Å². The molecular weight excluding hydrogens is 207 g/mol. The van der Waals surface area contributed by atoms with Gasteiger partial charge in [-0.3, -0.25) is 4.79 Å². The van der Waals surface area contributed by atoms with Crippen LogP contribution in [0.25, 0.3) is 0 Å². The lowest BCUT2D eigenvalue weighted by Crippen LogP contribution is -2.43. The van der Waals surface area contributed by atoms with Gasteiger partial charge >= 0.3 is 0 Å². The highest BCUT2D eigenvalue weighted by Crippen LogP contribution is 2.17. The van der Waals surface area contributed by atoms with Crippen molar-refractivity contribution in [2.24, 2.45) is 5.73 Å². The zero-order valence-electron chi connectivity index (χ0n) is 8.95. The van der Waals surface area contributed by atoms with Crippen molar-refractivity contribution in [2.45, 2.75) is 31.3 Å². The highest BCUT2D eigenvalue weighted by atomic mass is 19.1. The molecule has 1 aliphatic carbocycles. The number of amides is 1. The standard InChI is InChI=1S/C12H15FN2O/c13-9-6-4-8(5-7-9)12(16)15-11-3-1-2-10(11)14/h4-7,10-11H,1-3,14H2,(H,15,16). The molecule has 1 aliphatic rings. The van der Waals surface area contributed by atoms with Gasteiger partial charge in [0, 0.05) is 17.6 Å². The van der Waals surface area contributed by atoms with Gasteiger partial charge in [0.15, 0.2) is 0 Å². The van der Waals surface area contributed by atoms with Crippen LogP contribution in [-0.2, 0) is 0 Å². The Morgan fingerprint density at radius 2 is 2.00 bits per heavy atom. The smallest absolute Gasteiger partial charge is 0.251 e. The first-order chi connectivity index (χ1) is 7.66. The first-order valence-electron chi connectivity index (χ1n) is 5.49. The number of rotatable bonds is 2. The molecule has 1 fully saturated rings. The second-order valence-electron chi connectivity index (χ2n) is 4.18. The van der Waals surface area contributed by atoms with Crippen LogP contribution in [0.4, 0.5) is 4.39 Å². The Morgan fingerprint density at radius 3 is 2.56 bits per heavy atom. The van der Waals surface area contributed by atoms with Gasteiger partial charge in [-0.15, -0.1) is 0 Å². The number of carbonyl (C=O) groups excluding carboxylic acids is 1. The third-order valence-electron chi connectivity index (χ3n) is 2.99. The predicted octanol–water partition coefficient (Wildman–Crippen LogP) is 1.44. The van der Waals surface area contributed by atoms with Crippen molar-refractivity contribution in [3.8, 4) is 0 Å². The fraction of sp³-hybridized carbons (Fsp3) is 0.417. The van der Waals surface area contributed by atoms with Crippen LogP contribution >= 0.6 is 0 Å². The molecule has 2 atom stereocenters. The number of nitrogens with two attached hydrogens (primary N) is 1. The fourth-order valence-electron chi connectivity index (χ4n) is 2.02. The van der Waals surface area contributed by atoms with Crippen molar-refractivity contribution in [1.29, 1.82) is 0 Å². The Hall–Kier alpha value is -1.42. The molecule has 0 saturated heterocycles. The monoisotopic (exact) mass is 222 g/mol. The number of halogens is 1. The van der Waals surface area contributed by atoms with E-state index in [0.717, 1.165) is 19.3 Å². The van der Waals surface area contributed by atoms with Gasteiger partial charge in [-0.2, -0.15) is 0 Å². The summed E-state index contributed by atoms with van der Waals surface area (Å²) in [7, 11) is 0. The molecule has 3 nitrogen and oxygen atoms in total. The van der Waals surface area contributed by atoms with Gasteiger partial charge in [0.05, 0.1) is 0 Å². The van der Waals surface area contributed by atoms with Crippen molar-refractivity contribution in [3.05, 3.63) is 35.6 Å². The van der Waals surface area contributed by atoms with E-state index >= 15 is 0 Å². The third kappa shape index (κ3) is 2.39. The summed E-state index contributed by atoms with van der Waals surface area (Å²) in [6.07, 6.45) is 2.93. The lowest BCUT2D eigenvalue weighted by Gasteiger charge is -2.17. The van der Waals surface area contributed by atoms with E-state index in [2.05, 4.69) is 5.32 Å². The minimum absolute atomic E-state index is 0.0457. The number of hydrogen-bond donors (Lipinski definition) is 2. The Morgan fingerprint density at radius 1 is 1.31 bits per heavy atom. The van der Waals surface area contributed by atoms with Crippen LogP contribution in [0.1, 0.15) is 29.6 Å². The molecule has 0 spiro atoms. The van der Waals surface area contributed by atoms with Crippen LogP contribution in [0.2, 0.25) is 0 Å². The molecule has 16 heavy (non-hydrogen) atoms. The molecule has 0 heterocycles. The summed E-state index contributed by atoms with van der Waals surface area (Å²) in [5.41, 5.74) is 6.33. The van der Waals surface area contributed by atoms with Crippen LogP contribution in [0, 0.1) is 5.82 Å². The predicted molar refractivity (Wildman–Crippen MR) is 59.5 cm³/mol. The molecule has 2 rings (SSSR count). The molecule has 1 aromatic rings. The molecule has 0 bridgehead atoms. The lowest BCUT2D eigenvalue weighted by atomic mass is 10.1. The molecule has 0 radical (unpaired) electrons. The van der Waals surface area contributed by atoms with Gasteiger partial charge in [0.1, 0.15) is 5.82 Å². The zero-order valence-corrected chi connectivity index (χ0v) is 8.95. The molecular formula is C12H15FN2O. The lowest BCUT2D eigenvalue weighted by molar-refractivity contribution is 0.0934. The summed E-state index contributed by atoms with van der Waals surface area (Å²) in [4.78, 5) is 11.8. The molecule has 3 N–H and O–H groups in total. The average Bonchev–Trinajstić information content (AvgIpc) is 2.65. The minimum atomic E-state index is -0.339. The van der Waals surface area contributed by atoms with E-state index in [-0.39, 0.29) is 23.8 Å². The molecule has 1 saturated carbocycles. The highest BCUT2D eigenvalue weighted by Gasteiger charge is 2.25. The highest BCUT2D eigenvalue weighted by molar-refractivity contribution is 5.94. The maximum Gasteiger partial charge on any atom is 0.251 e. The molecule has 0 aliphatic heterocycles. The van der Waals surface area contributed by atoms with E-state index in [9.17, 15) is 9.18 Å². The van der Waals surface area contributed by atoms with Crippen LogP contribution in [0.15, 0.2) is 24.3 Å². The van der Waals surface area contributed by atoms with Gasteiger partial charge in [0.25, 0.3) is 5.91 Å². The molecule has 86 valence electrons. The number of hydrogen-bond acceptors (Lipinski definition) is 2. The maximum absolute atomic E-state index is 12.7. The normalized spacial score (nSPS) is 24.4. The summed E-state index contributed by atoms with van der Waals surface area (Å²) < 4.78 is 12.7. The van der Waals surface area contributed by atoms with Crippen LogP contribution in [0.5, 0.6) is 0 Å². The Kier molecular flexibility index (Phi) is 3.19. The summed E-state index contributed by atoms with van der Waals surface area (Å²) in [5.74, 6) is -0.517. The molecule has 0 aromatic heterocycles. The molecule has 1 aromatic carbocycles. The average molecular weight is 222 g/mol. The minimum Gasteiger partial charge on any atom is -0.348 e. The molecule has 4 heteroatoms. The Balaban J connectivity index is 2.00. The van der Waals surface area contributed by atoms with Crippen molar-refractivity contribution in [1.82, 2.24) is 5.32 Å². The first kappa shape index (κ1) is 11.1.